The fourth-order valence-electron chi connectivity index (χ4n) is 3.98. The number of sulfonamides is 1. The Morgan fingerprint density at radius 3 is 2.60 bits per heavy atom. The molecule has 1 unspecified atom stereocenters. The van der Waals surface area contributed by atoms with E-state index >= 15 is 0 Å². The van der Waals surface area contributed by atoms with Gasteiger partial charge < -0.3 is 9.84 Å². The molecule has 1 amide bonds. The number of hydrogen-bond donors (Lipinski definition) is 2. The SMILES string of the molecule is Cc1noc(C)c1CN1CC(NS(C)(=O)=O)C(=O)NC2(CCCC2)C1. The van der Waals surface area contributed by atoms with Crippen molar-refractivity contribution in [1.29, 1.82) is 0 Å². The molecule has 1 aliphatic heterocycles. The highest BCUT2D eigenvalue weighted by molar-refractivity contribution is 7.88. The molecule has 2 N–H and O–H groups in total. The lowest BCUT2D eigenvalue weighted by atomic mass is 9.97. The fraction of sp³-hybridized carbons (Fsp3) is 0.750. The average Bonchev–Trinajstić information content (AvgIpc) is 3.03. The maximum Gasteiger partial charge on any atom is 0.239 e. The maximum atomic E-state index is 12.6. The van der Waals surface area contributed by atoms with Gasteiger partial charge in [-0.05, 0) is 26.7 Å². The molecule has 25 heavy (non-hydrogen) atoms. The summed E-state index contributed by atoms with van der Waals surface area (Å²) in [6, 6.07) is -0.796. The van der Waals surface area contributed by atoms with Crippen molar-refractivity contribution >= 4 is 15.9 Å². The highest BCUT2D eigenvalue weighted by Crippen LogP contribution is 2.32. The molecule has 0 radical (unpaired) electrons. The van der Waals surface area contributed by atoms with Crippen LogP contribution in [0.4, 0.5) is 0 Å². The number of rotatable bonds is 4. The maximum absolute atomic E-state index is 12.6. The Balaban J connectivity index is 1.87. The second-order valence-corrected chi connectivity index (χ2v) is 9.17. The molecule has 1 saturated heterocycles. The summed E-state index contributed by atoms with van der Waals surface area (Å²) in [7, 11) is -3.48. The predicted octanol–water partition coefficient (Wildman–Crippen LogP) is 0.454. The second kappa shape index (κ2) is 6.69. The minimum Gasteiger partial charge on any atom is -0.361 e. The molecule has 1 spiro atoms. The molecule has 9 heteroatoms. The molecule has 1 aromatic rings. The largest absolute Gasteiger partial charge is 0.361 e. The Morgan fingerprint density at radius 2 is 2.04 bits per heavy atom. The van der Waals surface area contributed by atoms with Gasteiger partial charge in [0, 0.05) is 25.2 Å². The van der Waals surface area contributed by atoms with Gasteiger partial charge in [0.1, 0.15) is 11.8 Å². The first-order valence-corrected chi connectivity index (χ1v) is 10.5. The van der Waals surface area contributed by atoms with Crippen LogP contribution < -0.4 is 10.0 Å². The summed E-state index contributed by atoms with van der Waals surface area (Å²) < 4.78 is 31.0. The Kier molecular flexibility index (Phi) is 4.91. The van der Waals surface area contributed by atoms with E-state index in [1.54, 1.807) is 0 Å². The zero-order valence-corrected chi connectivity index (χ0v) is 15.8. The number of aryl methyl sites for hydroxylation is 2. The molecule has 2 heterocycles. The fourth-order valence-corrected chi connectivity index (χ4v) is 4.68. The number of carbonyl (C=O) groups excluding carboxylic acids is 1. The van der Waals surface area contributed by atoms with Crippen LogP contribution in [0.5, 0.6) is 0 Å². The lowest BCUT2D eigenvalue weighted by Gasteiger charge is -2.32. The molecule has 1 aliphatic carbocycles. The van der Waals surface area contributed by atoms with Crippen LogP contribution in [-0.2, 0) is 21.4 Å². The first-order valence-electron chi connectivity index (χ1n) is 8.61. The molecule has 1 aromatic heterocycles. The molecule has 1 atom stereocenters. The van der Waals surface area contributed by atoms with Gasteiger partial charge in [0.05, 0.1) is 17.5 Å². The van der Waals surface area contributed by atoms with Crippen LogP contribution in [0.1, 0.15) is 42.7 Å². The van der Waals surface area contributed by atoms with Crippen molar-refractivity contribution in [2.75, 3.05) is 19.3 Å². The van der Waals surface area contributed by atoms with Crippen molar-refractivity contribution < 1.29 is 17.7 Å². The van der Waals surface area contributed by atoms with E-state index in [-0.39, 0.29) is 11.4 Å². The third-order valence-corrected chi connectivity index (χ3v) is 5.86. The number of hydrogen-bond acceptors (Lipinski definition) is 6. The number of nitrogens with zero attached hydrogens (tertiary/aromatic N) is 2. The van der Waals surface area contributed by atoms with E-state index in [1.165, 1.54) is 0 Å². The minimum atomic E-state index is -3.48. The van der Waals surface area contributed by atoms with Gasteiger partial charge >= 0.3 is 0 Å². The van der Waals surface area contributed by atoms with E-state index < -0.39 is 16.1 Å². The lowest BCUT2D eigenvalue weighted by Crippen LogP contribution is -2.54. The smallest absolute Gasteiger partial charge is 0.239 e. The molecule has 140 valence electrons. The molecule has 3 rings (SSSR count). The summed E-state index contributed by atoms with van der Waals surface area (Å²) in [5.41, 5.74) is 1.55. The normalized spacial score (nSPS) is 24.4. The summed E-state index contributed by atoms with van der Waals surface area (Å²) in [6.45, 7) is 5.37. The van der Waals surface area contributed by atoms with Crippen LogP contribution in [0, 0.1) is 13.8 Å². The minimum absolute atomic E-state index is 0.242. The third-order valence-electron chi connectivity index (χ3n) is 5.15. The van der Waals surface area contributed by atoms with Crippen molar-refractivity contribution in [2.45, 2.75) is 57.7 Å². The van der Waals surface area contributed by atoms with Crippen LogP contribution in [-0.4, -0.2) is 55.3 Å². The molecule has 0 bridgehead atoms. The topological polar surface area (TPSA) is 105 Å². The zero-order valence-electron chi connectivity index (χ0n) is 15.0. The van der Waals surface area contributed by atoms with Gasteiger partial charge in [-0.2, -0.15) is 0 Å². The van der Waals surface area contributed by atoms with Crippen LogP contribution in [0.25, 0.3) is 0 Å². The Bertz CT molecular complexity index is 733. The van der Waals surface area contributed by atoms with Gasteiger partial charge in [-0.25, -0.2) is 13.1 Å². The summed E-state index contributed by atoms with van der Waals surface area (Å²) in [6.07, 6.45) is 5.06. The van der Waals surface area contributed by atoms with Crippen molar-refractivity contribution in [3.8, 4) is 0 Å². The third kappa shape index (κ3) is 4.21. The van der Waals surface area contributed by atoms with Gasteiger partial charge in [0.15, 0.2) is 0 Å². The zero-order chi connectivity index (χ0) is 18.2. The van der Waals surface area contributed by atoms with Crippen LogP contribution in [0.2, 0.25) is 0 Å². The van der Waals surface area contributed by atoms with E-state index in [0.717, 1.165) is 49.0 Å². The van der Waals surface area contributed by atoms with E-state index in [4.69, 9.17) is 4.52 Å². The van der Waals surface area contributed by atoms with Crippen LogP contribution in [0.15, 0.2) is 4.52 Å². The summed E-state index contributed by atoms with van der Waals surface area (Å²) in [4.78, 5) is 14.8. The van der Waals surface area contributed by atoms with E-state index in [9.17, 15) is 13.2 Å². The van der Waals surface area contributed by atoms with Gasteiger partial charge in [-0.3, -0.25) is 9.69 Å². The summed E-state index contributed by atoms with van der Waals surface area (Å²) in [5.74, 6) is 0.516. The van der Waals surface area contributed by atoms with Crippen molar-refractivity contribution in [2.24, 2.45) is 0 Å². The van der Waals surface area contributed by atoms with E-state index in [0.29, 0.717) is 19.6 Å². The summed E-state index contributed by atoms with van der Waals surface area (Å²) in [5, 5.41) is 7.11. The molecule has 0 aromatic carbocycles. The first-order chi connectivity index (χ1) is 11.7. The molecule has 2 fully saturated rings. The molecule has 1 saturated carbocycles. The predicted molar refractivity (Wildman–Crippen MR) is 92.4 cm³/mol. The Labute approximate surface area is 148 Å². The number of nitrogens with one attached hydrogen (secondary N) is 2. The Morgan fingerprint density at radius 1 is 1.36 bits per heavy atom. The van der Waals surface area contributed by atoms with Crippen molar-refractivity contribution in [3.63, 3.8) is 0 Å². The Hall–Kier alpha value is -1.45. The monoisotopic (exact) mass is 370 g/mol. The van der Waals surface area contributed by atoms with Gasteiger partial charge in [-0.1, -0.05) is 18.0 Å². The van der Waals surface area contributed by atoms with Crippen molar-refractivity contribution in [1.82, 2.24) is 20.1 Å². The number of amides is 1. The second-order valence-electron chi connectivity index (χ2n) is 7.39. The van der Waals surface area contributed by atoms with Gasteiger partial charge in [0.2, 0.25) is 15.9 Å². The highest BCUT2D eigenvalue weighted by Gasteiger charge is 2.42. The molecule has 8 nitrogen and oxygen atoms in total. The first kappa shape index (κ1) is 18.3. The van der Waals surface area contributed by atoms with Crippen molar-refractivity contribution in [3.05, 3.63) is 17.0 Å². The highest BCUT2D eigenvalue weighted by atomic mass is 32.2. The number of carbonyl (C=O) groups is 1. The molecule has 2 aliphatic rings. The van der Waals surface area contributed by atoms with Gasteiger partial charge in [0.25, 0.3) is 0 Å². The van der Waals surface area contributed by atoms with Crippen LogP contribution >= 0.6 is 0 Å². The lowest BCUT2D eigenvalue weighted by molar-refractivity contribution is -0.123. The average molecular weight is 370 g/mol. The van der Waals surface area contributed by atoms with E-state index in [1.807, 2.05) is 13.8 Å². The van der Waals surface area contributed by atoms with E-state index in [2.05, 4.69) is 20.1 Å². The quantitative estimate of drug-likeness (QED) is 0.798. The van der Waals surface area contributed by atoms with Gasteiger partial charge in [-0.15, -0.1) is 0 Å². The van der Waals surface area contributed by atoms with Crippen LogP contribution in [0.3, 0.4) is 0 Å². The number of aromatic nitrogens is 1. The molecular formula is C16H26N4O4S. The standard InChI is InChI=1S/C16H26N4O4S/c1-11-13(12(2)24-18-11)8-20-9-14(19-25(3,22)23)15(21)17-16(10-20)6-4-5-7-16/h14,19H,4-10H2,1-3H3,(H,17,21). The summed E-state index contributed by atoms with van der Waals surface area (Å²) >= 11 is 0. The molecular weight excluding hydrogens is 344 g/mol.